The summed E-state index contributed by atoms with van der Waals surface area (Å²) in [6, 6.07) is 4.10. The number of rotatable bonds is 10. The Morgan fingerprint density at radius 1 is 0.200 bits per heavy atom. The lowest BCUT2D eigenvalue weighted by molar-refractivity contribution is -0.394. The Balaban J connectivity index is 0.000000469. The van der Waals surface area contributed by atoms with Crippen molar-refractivity contribution >= 4 is 231 Å². The summed E-state index contributed by atoms with van der Waals surface area (Å²) in [6.07, 6.45) is 0. The lowest BCUT2D eigenvalue weighted by atomic mass is 10.3. The van der Waals surface area contributed by atoms with Crippen LogP contribution in [0, 0.1) is 101 Å². The summed E-state index contributed by atoms with van der Waals surface area (Å²) in [5, 5.41) is 98.2. The van der Waals surface area contributed by atoms with Crippen molar-refractivity contribution in [3.05, 3.63) is 207 Å². The molecule has 400 valence electrons. The molecule has 0 heterocycles. The topological polar surface area (TPSA) is 431 Å². The molecule has 0 aliphatic heterocycles. The van der Waals surface area contributed by atoms with Crippen molar-refractivity contribution in [3.8, 4) is 0 Å². The van der Waals surface area contributed by atoms with Crippen LogP contribution in [0.3, 0.4) is 0 Å². The first-order valence-corrected chi connectivity index (χ1v) is 22.3. The van der Waals surface area contributed by atoms with Gasteiger partial charge in [-0.1, -0.05) is 174 Å². The van der Waals surface area contributed by atoms with Crippen LogP contribution < -0.4 is 0 Å². The molecule has 0 radical (unpaired) electrons. The lowest BCUT2D eigenvalue weighted by Gasteiger charge is -2.01. The molecule has 45 heteroatoms. The average Bonchev–Trinajstić information content (AvgIpc) is 3.27. The zero-order chi connectivity index (χ0) is 58.7. The Kier molecular flexibility index (Phi) is 25.7. The second-order valence-electron chi connectivity index (χ2n) is 11.8. The van der Waals surface area contributed by atoms with Crippen LogP contribution >= 0.6 is 174 Å². The van der Waals surface area contributed by atoms with E-state index in [-0.39, 0.29) is 20.1 Å². The van der Waals surface area contributed by atoms with Crippen molar-refractivity contribution in [2.24, 2.45) is 0 Å². The van der Waals surface area contributed by atoms with Gasteiger partial charge in [0.25, 0.3) is 34.1 Å². The van der Waals surface area contributed by atoms with Gasteiger partial charge in [-0.25, -0.2) is 0 Å². The Labute approximate surface area is 483 Å². The SMILES string of the molecule is O=[N+]([O-])c1cc(Cl)c(Cl)c([N+](=O)[O-])c1Cl.O=[N+]([O-])c1cc(Cl)c(Cl)c([N+](=O)[O-])c1Cl.O=[N+]([O-])c1cc(Cl)c(Cl)c([N+](=O)[O-])c1Cl.O=[N+]([O-])c1cc(Cl)c(Cl)c([N+](=O)[O-])c1Cl.O=[N+]([O-])c1cc([N+](=O)[O-])c(Cl)c(Cl)c1Cl. The first-order chi connectivity index (χ1) is 34.3. The monoisotopic (exact) mass is 1350 g/mol. The molecule has 5 aromatic rings. The first-order valence-electron chi connectivity index (χ1n) is 16.6. The number of nitro groups is 10. The summed E-state index contributed by atoms with van der Waals surface area (Å²) < 4.78 is 0. The van der Waals surface area contributed by atoms with Gasteiger partial charge in [-0.15, -0.1) is 0 Å². The van der Waals surface area contributed by atoms with E-state index in [1.54, 1.807) is 0 Å². The van der Waals surface area contributed by atoms with E-state index in [2.05, 4.69) is 0 Å². The molecule has 0 bridgehead atoms. The summed E-state index contributed by atoms with van der Waals surface area (Å²) in [7, 11) is 0. The third kappa shape index (κ3) is 16.7. The number of hydrogen-bond donors (Lipinski definition) is 0. The van der Waals surface area contributed by atoms with Crippen LogP contribution in [0.1, 0.15) is 0 Å². The van der Waals surface area contributed by atoms with Crippen molar-refractivity contribution < 1.29 is 49.2 Å². The number of nitrogens with zero attached hydrogens (tertiary/aromatic N) is 10. The van der Waals surface area contributed by atoms with E-state index < -0.39 is 161 Å². The number of benzene rings is 5. The third-order valence-corrected chi connectivity index (χ3v) is 13.4. The first kappa shape index (κ1) is 67.5. The second kappa shape index (κ2) is 28.5. The van der Waals surface area contributed by atoms with E-state index in [0.29, 0.717) is 6.07 Å². The van der Waals surface area contributed by atoms with E-state index in [1.807, 2.05) is 0 Å². The fourth-order valence-corrected chi connectivity index (χ4v) is 7.99. The van der Waals surface area contributed by atoms with Gasteiger partial charge in [0.1, 0.15) is 30.1 Å². The van der Waals surface area contributed by atoms with Crippen molar-refractivity contribution in [2.45, 2.75) is 0 Å². The van der Waals surface area contributed by atoms with Gasteiger partial charge in [0.05, 0.1) is 80.4 Å². The second-order valence-corrected chi connectivity index (χ2v) is 17.6. The molecule has 0 saturated heterocycles. The molecule has 30 nitrogen and oxygen atoms in total. The maximum Gasteiger partial charge on any atom is 0.314 e. The molecule has 0 aromatic heterocycles. The molecule has 0 amide bonds. The van der Waals surface area contributed by atoms with Gasteiger partial charge in [-0.05, 0) is 0 Å². The van der Waals surface area contributed by atoms with Crippen molar-refractivity contribution in [1.82, 2.24) is 0 Å². The standard InChI is InChI=1S/5C6HCl3N2O4/c7-4-2(10(12)13)1-3(11(14)15)5(8)6(4)9;4*7-2-1-3(10(12)13)5(9)6(4(2)8)11(14)15/h5*1H. The van der Waals surface area contributed by atoms with Crippen LogP contribution in [-0.4, -0.2) is 49.2 Å². The Morgan fingerprint density at radius 2 is 0.347 bits per heavy atom. The van der Waals surface area contributed by atoms with Crippen molar-refractivity contribution in [2.75, 3.05) is 0 Å². The number of nitro benzene ring substituents is 10. The molecule has 0 aliphatic rings. The minimum Gasteiger partial charge on any atom is -0.258 e. The fraction of sp³-hybridized carbons (Fsp3) is 0. The summed E-state index contributed by atoms with van der Waals surface area (Å²) in [5.41, 5.74) is -6.99. The molecule has 0 unspecified atom stereocenters. The highest BCUT2D eigenvalue weighted by atomic mass is 35.5. The predicted octanol–water partition coefficient (Wildman–Crippen LogP) is 17.3. The Hall–Kier alpha value is -5.55. The third-order valence-electron chi connectivity index (χ3n) is 7.47. The summed E-state index contributed by atoms with van der Waals surface area (Å²) in [4.78, 5) is 95.9. The summed E-state index contributed by atoms with van der Waals surface area (Å²) in [5.74, 6) is 0. The van der Waals surface area contributed by atoms with Gasteiger partial charge in [0, 0.05) is 24.3 Å². The molecule has 75 heavy (non-hydrogen) atoms. The smallest absolute Gasteiger partial charge is 0.258 e. The minimum absolute atomic E-state index is 0.292. The summed E-state index contributed by atoms with van der Waals surface area (Å²) >= 11 is 82.2. The van der Waals surface area contributed by atoms with E-state index >= 15 is 0 Å². The van der Waals surface area contributed by atoms with E-state index in [4.69, 9.17) is 174 Å². The molecule has 0 saturated carbocycles. The van der Waals surface area contributed by atoms with Crippen LogP contribution in [-0.2, 0) is 0 Å². The normalized spacial score (nSPS) is 10.1. The highest BCUT2D eigenvalue weighted by Gasteiger charge is 2.33. The lowest BCUT2D eigenvalue weighted by Crippen LogP contribution is -1.96. The molecule has 0 atom stereocenters. The highest BCUT2D eigenvalue weighted by Crippen LogP contribution is 2.47. The van der Waals surface area contributed by atoms with Crippen molar-refractivity contribution in [1.29, 1.82) is 0 Å². The zero-order valence-electron chi connectivity index (χ0n) is 33.7. The molecule has 5 rings (SSSR count). The Bertz CT molecular complexity index is 2890. The van der Waals surface area contributed by atoms with Crippen LogP contribution in [0.2, 0.25) is 75.3 Å². The van der Waals surface area contributed by atoms with Crippen LogP contribution in [0.15, 0.2) is 30.3 Å². The molecule has 0 fully saturated rings. The van der Waals surface area contributed by atoms with Gasteiger partial charge >= 0.3 is 22.7 Å². The molecular weight excluding hydrogens is 1350 g/mol. The summed E-state index contributed by atoms with van der Waals surface area (Å²) in [6.45, 7) is 0. The van der Waals surface area contributed by atoms with E-state index in [9.17, 15) is 101 Å². The molecular formula is C30H5Cl15N10O20. The van der Waals surface area contributed by atoms with E-state index in [0.717, 1.165) is 24.3 Å². The van der Waals surface area contributed by atoms with Gasteiger partial charge in [-0.3, -0.25) is 101 Å². The molecule has 0 N–H and O–H groups in total. The zero-order valence-corrected chi connectivity index (χ0v) is 45.0. The van der Waals surface area contributed by atoms with Gasteiger partial charge in [0.2, 0.25) is 0 Å². The van der Waals surface area contributed by atoms with Crippen LogP contribution in [0.5, 0.6) is 0 Å². The molecule has 5 aromatic carbocycles. The number of hydrogen-bond acceptors (Lipinski definition) is 20. The average molecular weight is 1360 g/mol. The van der Waals surface area contributed by atoms with Crippen LogP contribution in [0.25, 0.3) is 0 Å². The fourth-order valence-electron chi connectivity index (χ4n) is 4.33. The van der Waals surface area contributed by atoms with Crippen LogP contribution in [0.4, 0.5) is 56.9 Å². The van der Waals surface area contributed by atoms with Crippen molar-refractivity contribution in [3.63, 3.8) is 0 Å². The molecule has 0 spiro atoms. The maximum absolute atomic E-state index is 10.5. The maximum atomic E-state index is 10.5. The van der Waals surface area contributed by atoms with E-state index in [1.165, 1.54) is 0 Å². The van der Waals surface area contributed by atoms with Gasteiger partial charge < -0.3 is 0 Å². The largest absolute Gasteiger partial charge is 0.314 e. The van der Waals surface area contributed by atoms with Gasteiger partial charge in [0.15, 0.2) is 20.1 Å². The quantitative estimate of drug-likeness (QED) is 0.0542. The van der Waals surface area contributed by atoms with Gasteiger partial charge in [-0.2, -0.15) is 0 Å². The minimum atomic E-state index is -0.927. The number of halogens is 15. The Morgan fingerprint density at radius 3 is 0.480 bits per heavy atom. The molecule has 0 aliphatic carbocycles. The predicted molar refractivity (Wildman–Crippen MR) is 274 cm³/mol. The highest BCUT2D eigenvalue weighted by molar-refractivity contribution is 6.50.